The Hall–Kier alpha value is -2.66. The van der Waals surface area contributed by atoms with Gasteiger partial charge in [0.15, 0.2) is 6.10 Å². The maximum Gasteiger partial charge on any atom is 0.273 e. The average Bonchev–Trinajstić information content (AvgIpc) is 3.04. The van der Waals surface area contributed by atoms with Crippen molar-refractivity contribution in [1.82, 2.24) is 5.43 Å². The van der Waals surface area contributed by atoms with Crippen LogP contribution >= 0.6 is 0 Å². The lowest BCUT2D eigenvalue weighted by Crippen LogP contribution is -2.25. The molecule has 0 unspecified atom stereocenters. The molecular weight excluding hydrogens is 268 g/mol. The fourth-order valence-electron chi connectivity index (χ4n) is 1.62. The van der Waals surface area contributed by atoms with E-state index in [0.29, 0.717) is 17.0 Å². The van der Waals surface area contributed by atoms with Crippen molar-refractivity contribution in [2.24, 2.45) is 5.10 Å². The van der Waals surface area contributed by atoms with E-state index in [-0.39, 0.29) is 0 Å². The van der Waals surface area contributed by atoms with Gasteiger partial charge in [-0.25, -0.2) is 5.43 Å². The van der Waals surface area contributed by atoms with Crippen molar-refractivity contribution in [2.75, 3.05) is 0 Å². The fourth-order valence-corrected chi connectivity index (χ4v) is 1.62. The second-order valence-electron chi connectivity index (χ2n) is 4.39. The molecule has 5 heteroatoms. The van der Waals surface area contributed by atoms with Gasteiger partial charge in [0.05, 0.1) is 12.0 Å². The first-order valence-corrected chi connectivity index (χ1v) is 6.45. The highest BCUT2D eigenvalue weighted by Gasteiger charge is 2.15. The molecule has 1 amide bonds. The van der Waals surface area contributed by atoms with Crippen LogP contribution in [0.5, 0.6) is 0 Å². The predicted octanol–water partition coefficient (Wildman–Crippen LogP) is 2.52. The first-order chi connectivity index (χ1) is 10.2. The van der Waals surface area contributed by atoms with Gasteiger partial charge in [0.25, 0.3) is 5.91 Å². The smallest absolute Gasteiger partial charge is 0.273 e. The van der Waals surface area contributed by atoms with Gasteiger partial charge >= 0.3 is 0 Å². The molecule has 1 aromatic carbocycles. The van der Waals surface area contributed by atoms with Crippen LogP contribution in [0.3, 0.4) is 0 Å². The zero-order valence-electron chi connectivity index (χ0n) is 11.6. The van der Waals surface area contributed by atoms with E-state index in [9.17, 15) is 9.90 Å². The van der Waals surface area contributed by atoms with Gasteiger partial charge in [-0.15, -0.1) is 0 Å². The van der Waals surface area contributed by atoms with E-state index in [1.165, 1.54) is 0 Å². The third-order valence-corrected chi connectivity index (χ3v) is 2.74. The number of furan rings is 1. The average molecular weight is 284 g/mol. The summed E-state index contributed by atoms with van der Waals surface area (Å²) in [5, 5.41) is 13.8. The molecule has 0 bridgehead atoms. The van der Waals surface area contributed by atoms with Gasteiger partial charge in [0, 0.05) is 0 Å². The van der Waals surface area contributed by atoms with Crippen molar-refractivity contribution in [1.29, 1.82) is 0 Å². The van der Waals surface area contributed by atoms with Gasteiger partial charge in [0.2, 0.25) is 0 Å². The number of nitrogens with one attached hydrogen (secondary N) is 1. The standard InChI is InChI=1S/C16H16N2O3/c1-12(9-10-14-8-5-11-21-14)17-18-16(20)15(19)13-6-3-2-4-7-13/h2-11,15,19H,1H3,(H,18,20)/b10-9+,17-12-/t15-/m0/s1. The molecule has 0 spiro atoms. The van der Waals surface area contributed by atoms with Crippen LogP contribution in [0.4, 0.5) is 0 Å². The van der Waals surface area contributed by atoms with Crippen LogP contribution < -0.4 is 5.43 Å². The lowest BCUT2D eigenvalue weighted by Gasteiger charge is -2.08. The van der Waals surface area contributed by atoms with Gasteiger partial charge in [-0.1, -0.05) is 30.3 Å². The SMILES string of the molecule is CC(/C=C/c1ccco1)=N/NC(=O)[C@@H](O)c1ccccc1. The summed E-state index contributed by atoms with van der Waals surface area (Å²) in [6.45, 7) is 1.73. The van der Waals surface area contributed by atoms with Gasteiger partial charge < -0.3 is 9.52 Å². The Balaban J connectivity index is 1.92. The second-order valence-corrected chi connectivity index (χ2v) is 4.39. The first kappa shape index (κ1) is 14.7. The van der Waals surface area contributed by atoms with Crippen molar-refractivity contribution in [3.8, 4) is 0 Å². The van der Waals surface area contributed by atoms with Crippen LogP contribution in [-0.2, 0) is 4.79 Å². The minimum atomic E-state index is -1.24. The zero-order chi connectivity index (χ0) is 15.1. The number of aliphatic hydroxyl groups is 1. The van der Waals surface area contributed by atoms with E-state index in [1.807, 2.05) is 12.1 Å². The van der Waals surface area contributed by atoms with Crippen LogP contribution in [0, 0.1) is 0 Å². The monoisotopic (exact) mass is 284 g/mol. The van der Waals surface area contributed by atoms with Gasteiger partial charge in [-0.2, -0.15) is 5.10 Å². The van der Waals surface area contributed by atoms with Crippen LogP contribution in [0.1, 0.15) is 24.4 Å². The Kier molecular flexibility index (Phi) is 5.06. The number of allylic oxidation sites excluding steroid dienone is 1. The summed E-state index contributed by atoms with van der Waals surface area (Å²) in [5.41, 5.74) is 3.43. The van der Waals surface area contributed by atoms with Crippen LogP contribution in [-0.4, -0.2) is 16.7 Å². The summed E-state index contributed by atoms with van der Waals surface area (Å²) in [7, 11) is 0. The highest BCUT2D eigenvalue weighted by atomic mass is 16.3. The number of hydrogen-bond acceptors (Lipinski definition) is 4. The molecule has 0 aliphatic carbocycles. The number of aliphatic hydroxyl groups excluding tert-OH is 1. The third-order valence-electron chi connectivity index (χ3n) is 2.74. The normalized spacial score (nSPS) is 13.3. The van der Waals surface area contributed by atoms with Crippen LogP contribution in [0.2, 0.25) is 0 Å². The topological polar surface area (TPSA) is 74.8 Å². The molecule has 21 heavy (non-hydrogen) atoms. The van der Waals surface area contributed by atoms with Gasteiger partial charge in [0.1, 0.15) is 5.76 Å². The van der Waals surface area contributed by atoms with E-state index in [4.69, 9.17) is 4.42 Å². The molecule has 1 atom stereocenters. The minimum Gasteiger partial charge on any atom is -0.465 e. The van der Waals surface area contributed by atoms with Gasteiger partial charge in [-0.3, -0.25) is 4.79 Å². The Morgan fingerprint density at radius 1 is 1.29 bits per heavy atom. The van der Waals surface area contributed by atoms with Crippen LogP contribution in [0.25, 0.3) is 6.08 Å². The summed E-state index contributed by atoms with van der Waals surface area (Å²) in [5.74, 6) is 0.118. The number of amides is 1. The third kappa shape index (κ3) is 4.43. The molecule has 1 aromatic heterocycles. The first-order valence-electron chi connectivity index (χ1n) is 6.45. The van der Waals surface area contributed by atoms with E-state index < -0.39 is 12.0 Å². The highest BCUT2D eigenvalue weighted by molar-refractivity contribution is 5.97. The molecule has 2 rings (SSSR count). The van der Waals surface area contributed by atoms with E-state index in [2.05, 4.69) is 10.5 Å². The maximum atomic E-state index is 11.8. The highest BCUT2D eigenvalue weighted by Crippen LogP contribution is 2.11. The largest absolute Gasteiger partial charge is 0.465 e. The van der Waals surface area contributed by atoms with E-state index >= 15 is 0 Å². The van der Waals surface area contributed by atoms with Crippen molar-refractivity contribution in [3.63, 3.8) is 0 Å². The summed E-state index contributed by atoms with van der Waals surface area (Å²) in [4.78, 5) is 11.8. The number of rotatable bonds is 5. The van der Waals surface area contributed by atoms with E-state index in [1.54, 1.807) is 55.7 Å². The molecule has 1 heterocycles. The van der Waals surface area contributed by atoms with Crippen molar-refractivity contribution in [2.45, 2.75) is 13.0 Å². The molecule has 0 radical (unpaired) electrons. The second kappa shape index (κ2) is 7.21. The lowest BCUT2D eigenvalue weighted by atomic mass is 10.1. The van der Waals surface area contributed by atoms with Gasteiger partial charge in [-0.05, 0) is 36.8 Å². The summed E-state index contributed by atoms with van der Waals surface area (Å²) >= 11 is 0. The molecule has 0 aliphatic heterocycles. The predicted molar refractivity (Wildman–Crippen MR) is 80.4 cm³/mol. The summed E-state index contributed by atoms with van der Waals surface area (Å²) < 4.78 is 5.14. The number of benzene rings is 1. The molecule has 2 aromatic rings. The fraction of sp³-hybridized carbons (Fsp3) is 0.125. The molecule has 0 fully saturated rings. The molecule has 0 saturated carbocycles. The summed E-state index contributed by atoms with van der Waals surface area (Å²) in [6.07, 6.45) is 3.77. The quantitative estimate of drug-likeness (QED) is 0.654. The number of hydrazone groups is 1. The van der Waals surface area contributed by atoms with E-state index in [0.717, 1.165) is 0 Å². The minimum absolute atomic E-state index is 0.522. The molecule has 5 nitrogen and oxygen atoms in total. The Bertz CT molecular complexity index is 631. The number of nitrogens with zero attached hydrogens (tertiary/aromatic N) is 1. The molecule has 108 valence electrons. The summed E-state index contributed by atoms with van der Waals surface area (Å²) in [6, 6.07) is 12.3. The molecule has 0 saturated heterocycles. The number of carbonyl (C=O) groups excluding carboxylic acids is 1. The zero-order valence-corrected chi connectivity index (χ0v) is 11.6. The Morgan fingerprint density at radius 3 is 2.71 bits per heavy atom. The maximum absolute atomic E-state index is 11.8. The molecule has 0 aliphatic rings. The molecule has 2 N–H and O–H groups in total. The lowest BCUT2D eigenvalue weighted by molar-refractivity contribution is -0.129. The van der Waals surface area contributed by atoms with Crippen LogP contribution in [0.15, 0.2) is 64.3 Å². The van der Waals surface area contributed by atoms with Crippen molar-refractivity contribution >= 4 is 17.7 Å². The van der Waals surface area contributed by atoms with Crippen molar-refractivity contribution in [3.05, 3.63) is 66.1 Å². The number of hydrogen-bond donors (Lipinski definition) is 2. The molecular formula is C16H16N2O3. The Morgan fingerprint density at radius 2 is 2.05 bits per heavy atom. The number of carbonyl (C=O) groups is 1. The van der Waals surface area contributed by atoms with Crippen molar-refractivity contribution < 1.29 is 14.3 Å². The Labute approximate surface area is 122 Å².